The minimum atomic E-state index is -3.53. The van der Waals surface area contributed by atoms with Gasteiger partial charge in [0.2, 0.25) is 10.0 Å². The van der Waals surface area contributed by atoms with Crippen LogP contribution >= 0.6 is 11.6 Å². The molecule has 1 fully saturated rings. The normalized spacial score (nSPS) is 19.0. The summed E-state index contributed by atoms with van der Waals surface area (Å²) >= 11 is 5.93. The van der Waals surface area contributed by atoms with Crippen LogP contribution in [0.15, 0.2) is 53.4 Å². The van der Waals surface area contributed by atoms with Crippen LogP contribution in [0.2, 0.25) is 5.02 Å². The number of sulfonamides is 1. The average Bonchev–Trinajstić information content (AvgIpc) is 3.06. The highest BCUT2D eigenvalue weighted by Gasteiger charge is 2.36. The van der Waals surface area contributed by atoms with Crippen LogP contribution in [0.3, 0.4) is 0 Å². The van der Waals surface area contributed by atoms with Gasteiger partial charge in [0.25, 0.3) is 0 Å². The first kappa shape index (κ1) is 16.3. The van der Waals surface area contributed by atoms with Crippen LogP contribution in [0.5, 0.6) is 5.75 Å². The molecule has 1 heterocycles. The van der Waals surface area contributed by atoms with E-state index < -0.39 is 10.0 Å². The lowest BCUT2D eigenvalue weighted by molar-refractivity contribution is 0.396. The topological polar surface area (TPSA) is 46.6 Å². The Bertz CT molecular complexity index is 772. The Morgan fingerprint density at radius 2 is 1.74 bits per heavy atom. The molecule has 0 unspecified atom stereocenters. The van der Waals surface area contributed by atoms with Gasteiger partial charge in [-0.15, -0.1) is 0 Å². The van der Waals surface area contributed by atoms with Gasteiger partial charge in [0.1, 0.15) is 5.75 Å². The molecule has 23 heavy (non-hydrogen) atoms. The van der Waals surface area contributed by atoms with E-state index in [1.807, 2.05) is 12.1 Å². The highest BCUT2D eigenvalue weighted by molar-refractivity contribution is 7.89. The third-order valence-electron chi connectivity index (χ3n) is 4.12. The van der Waals surface area contributed by atoms with Crippen molar-refractivity contribution in [3.05, 3.63) is 59.1 Å². The summed E-state index contributed by atoms with van der Waals surface area (Å²) in [6.07, 6.45) is 1.67. The number of nitrogens with zero attached hydrogens (tertiary/aromatic N) is 1. The minimum Gasteiger partial charge on any atom is -0.497 e. The Hall–Kier alpha value is -1.56. The lowest BCUT2D eigenvalue weighted by Gasteiger charge is -2.24. The summed E-state index contributed by atoms with van der Waals surface area (Å²) in [6, 6.07) is 13.8. The van der Waals surface area contributed by atoms with Crippen molar-refractivity contribution in [1.29, 1.82) is 0 Å². The van der Waals surface area contributed by atoms with Gasteiger partial charge in [-0.3, -0.25) is 0 Å². The number of hydrogen-bond acceptors (Lipinski definition) is 3. The third kappa shape index (κ3) is 3.22. The van der Waals surface area contributed by atoms with Gasteiger partial charge in [-0.05, 0) is 54.8 Å². The van der Waals surface area contributed by atoms with Crippen LogP contribution in [0.4, 0.5) is 0 Å². The molecule has 6 heteroatoms. The summed E-state index contributed by atoms with van der Waals surface area (Å²) < 4.78 is 32.6. The summed E-state index contributed by atoms with van der Waals surface area (Å²) in [6.45, 7) is 0.529. The van der Waals surface area contributed by atoms with E-state index in [1.54, 1.807) is 47.8 Å². The molecule has 2 aromatic rings. The predicted molar refractivity (Wildman–Crippen MR) is 90.3 cm³/mol. The molecule has 122 valence electrons. The molecule has 1 atom stereocenters. The van der Waals surface area contributed by atoms with E-state index in [0.29, 0.717) is 22.2 Å². The molecule has 0 bridgehead atoms. The maximum atomic E-state index is 12.9. The zero-order chi connectivity index (χ0) is 16.4. The fourth-order valence-corrected chi connectivity index (χ4v) is 4.74. The van der Waals surface area contributed by atoms with Gasteiger partial charge >= 0.3 is 0 Å². The van der Waals surface area contributed by atoms with E-state index in [1.165, 1.54) is 0 Å². The highest BCUT2D eigenvalue weighted by atomic mass is 35.5. The predicted octanol–water partition coefficient (Wildman–Crippen LogP) is 3.87. The molecule has 3 rings (SSSR count). The Kier molecular flexibility index (Phi) is 4.62. The number of methoxy groups -OCH3 is 1. The summed E-state index contributed by atoms with van der Waals surface area (Å²) in [4.78, 5) is 0.291. The average molecular weight is 352 g/mol. The van der Waals surface area contributed by atoms with Crippen molar-refractivity contribution in [2.75, 3.05) is 13.7 Å². The molecule has 0 N–H and O–H groups in total. The molecule has 0 aliphatic carbocycles. The molecule has 4 nitrogen and oxygen atoms in total. The first-order chi connectivity index (χ1) is 11.0. The van der Waals surface area contributed by atoms with E-state index >= 15 is 0 Å². The van der Waals surface area contributed by atoms with E-state index in [0.717, 1.165) is 18.4 Å². The van der Waals surface area contributed by atoms with E-state index in [2.05, 4.69) is 0 Å². The largest absolute Gasteiger partial charge is 0.497 e. The van der Waals surface area contributed by atoms with Crippen LogP contribution in [-0.2, 0) is 10.0 Å². The molecule has 0 aromatic heterocycles. The van der Waals surface area contributed by atoms with Crippen molar-refractivity contribution >= 4 is 21.6 Å². The van der Waals surface area contributed by atoms with Gasteiger partial charge in [0, 0.05) is 11.6 Å². The lowest BCUT2D eigenvalue weighted by Crippen LogP contribution is -2.30. The Balaban J connectivity index is 1.92. The van der Waals surface area contributed by atoms with Crippen LogP contribution in [0.25, 0.3) is 0 Å². The molecule has 0 saturated carbocycles. The van der Waals surface area contributed by atoms with Gasteiger partial charge in [0.05, 0.1) is 18.0 Å². The molecule has 0 spiro atoms. The number of rotatable bonds is 4. The van der Waals surface area contributed by atoms with Gasteiger partial charge in [-0.25, -0.2) is 8.42 Å². The zero-order valence-corrected chi connectivity index (χ0v) is 14.3. The second-order valence-corrected chi connectivity index (χ2v) is 7.83. The van der Waals surface area contributed by atoms with E-state index in [9.17, 15) is 8.42 Å². The Morgan fingerprint density at radius 1 is 1.09 bits per heavy atom. The Labute approximate surface area is 141 Å². The van der Waals surface area contributed by atoms with E-state index in [-0.39, 0.29) is 6.04 Å². The Morgan fingerprint density at radius 3 is 2.35 bits per heavy atom. The maximum absolute atomic E-state index is 12.9. The molecule has 0 radical (unpaired) electrons. The summed E-state index contributed by atoms with van der Waals surface area (Å²) in [5, 5.41) is 0.649. The summed E-state index contributed by atoms with van der Waals surface area (Å²) in [5.41, 5.74) is 0.976. The number of hydrogen-bond donors (Lipinski definition) is 0. The van der Waals surface area contributed by atoms with Crippen LogP contribution in [0.1, 0.15) is 24.4 Å². The highest BCUT2D eigenvalue weighted by Crippen LogP contribution is 2.37. The third-order valence-corrected chi connectivity index (χ3v) is 6.30. The minimum absolute atomic E-state index is 0.139. The molecular weight excluding hydrogens is 334 g/mol. The van der Waals surface area contributed by atoms with Crippen LogP contribution in [-0.4, -0.2) is 26.4 Å². The molecule has 1 aliphatic rings. The van der Waals surface area contributed by atoms with Gasteiger partial charge in [-0.2, -0.15) is 4.31 Å². The molecular formula is C17H18ClNO3S. The van der Waals surface area contributed by atoms with E-state index in [4.69, 9.17) is 16.3 Å². The molecule has 0 amide bonds. The van der Waals surface area contributed by atoms with Gasteiger partial charge in [-0.1, -0.05) is 23.7 Å². The van der Waals surface area contributed by atoms with Crippen LogP contribution in [0, 0.1) is 0 Å². The maximum Gasteiger partial charge on any atom is 0.243 e. The summed E-state index contributed by atoms with van der Waals surface area (Å²) in [7, 11) is -1.97. The number of halogens is 1. The van der Waals surface area contributed by atoms with Crippen molar-refractivity contribution in [2.45, 2.75) is 23.8 Å². The van der Waals surface area contributed by atoms with Gasteiger partial charge in [0.15, 0.2) is 0 Å². The molecule has 1 saturated heterocycles. The SMILES string of the molecule is COc1ccc(S(=O)(=O)N2CCC[C@@H]2c2ccc(Cl)cc2)cc1. The molecule has 1 aliphatic heterocycles. The van der Waals surface area contributed by atoms with Crippen molar-refractivity contribution < 1.29 is 13.2 Å². The second kappa shape index (κ2) is 6.51. The van der Waals surface area contributed by atoms with Crippen molar-refractivity contribution in [3.63, 3.8) is 0 Å². The number of ether oxygens (including phenoxy) is 1. The van der Waals surface area contributed by atoms with Crippen molar-refractivity contribution in [1.82, 2.24) is 4.31 Å². The fourth-order valence-electron chi connectivity index (χ4n) is 2.93. The standard InChI is InChI=1S/C17H18ClNO3S/c1-22-15-8-10-16(11-9-15)23(20,21)19-12-2-3-17(19)13-4-6-14(18)7-5-13/h4-11,17H,2-3,12H2,1H3/t17-/m1/s1. The smallest absolute Gasteiger partial charge is 0.243 e. The lowest BCUT2D eigenvalue weighted by atomic mass is 10.1. The summed E-state index contributed by atoms with van der Waals surface area (Å²) in [5.74, 6) is 0.639. The second-order valence-electron chi connectivity index (χ2n) is 5.50. The van der Waals surface area contributed by atoms with Crippen molar-refractivity contribution in [3.8, 4) is 5.75 Å². The number of benzene rings is 2. The first-order valence-corrected chi connectivity index (χ1v) is 9.25. The fraction of sp³-hybridized carbons (Fsp3) is 0.294. The quantitative estimate of drug-likeness (QED) is 0.839. The monoisotopic (exact) mass is 351 g/mol. The van der Waals surface area contributed by atoms with Crippen LogP contribution < -0.4 is 4.74 Å². The van der Waals surface area contributed by atoms with Crippen molar-refractivity contribution in [2.24, 2.45) is 0 Å². The zero-order valence-electron chi connectivity index (χ0n) is 12.8. The van der Waals surface area contributed by atoms with Gasteiger partial charge < -0.3 is 4.74 Å². The first-order valence-electron chi connectivity index (χ1n) is 7.44. The molecule has 2 aromatic carbocycles.